The quantitative estimate of drug-likeness (QED) is 0.299. The molecule has 0 aliphatic carbocycles. The normalized spacial score (nSPS) is 11.8. The minimum absolute atomic E-state index is 0.0228. The first-order valence-electron chi connectivity index (χ1n) is 11.9. The van der Waals surface area contributed by atoms with Crippen molar-refractivity contribution < 1.29 is 9.59 Å². The van der Waals surface area contributed by atoms with Gasteiger partial charge in [-0.1, -0.05) is 84.4 Å². The van der Waals surface area contributed by atoms with Crippen LogP contribution < -0.4 is 5.32 Å². The average Bonchev–Trinajstić information content (AvgIpc) is 2.85. The minimum Gasteiger partial charge on any atom is -0.352 e. The van der Waals surface area contributed by atoms with Gasteiger partial charge in [-0.3, -0.25) is 9.59 Å². The van der Waals surface area contributed by atoms with Crippen molar-refractivity contribution in [2.24, 2.45) is 0 Å². The fraction of sp³-hybridized carbons (Fsp3) is 0.310. The van der Waals surface area contributed by atoms with Gasteiger partial charge in [-0.25, -0.2) is 0 Å². The van der Waals surface area contributed by atoms with Crippen molar-refractivity contribution in [1.29, 1.82) is 0 Å². The third-order valence-corrected chi connectivity index (χ3v) is 6.78. The Balaban J connectivity index is 1.79. The topological polar surface area (TPSA) is 49.4 Å². The van der Waals surface area contributed by atoms with Crippen LogP contribution in [-0.4, -0.2) is 34.6 Å². The number of rotatable bonds is 12. The molecule has 4 nitrogen and oxygen atoms in total. The molecule has 0 aliphatic heterocycles. The van der Waals surface area contributed by atoms with E-state index in [9.17, 15) is 9.59 Å². The fourth-order valence-electron chi connectivity index (χ4n) is 3.83. The number of hydrogen-bond acceptors (Lipinski definition) is 3. The third-order valence-electron chi connectivity index (χ3n) is 5.52. The molecule has 0 spiro atoms. The van der Waals surface area contributed by atoms with Crippen molar-refractivity contribution in [1.82, 2.24) is 10.2 Å². The van der Waals surface area contributed by atoms with E-state index in [1.807, 2.05) is 86.6 Å². The van der Waals surface area contributed by atoms with Gasteiger partial charge in [0.25, 0.3) is 0 Å². The van der Waals surface area contributed by atoms with Gasteiger partial charge in [0.2, 0.25) is 11.8 Å². The molecule has 3 rings (SSSR count). The molecule has 35 heavy (non-hydrogen) atoms. The van der Waals surface area contributed by atoms with Gasteiger partial charge < -0.3 is 10.2 Å². The lowest BCUT2D eigenvalue weighted by molar-refractivity contribution is -0.141. The van der Waals surface area contributed by atoms with E-state index in [4.69, 9.17) is 11.6 Å². The molecule has 2 amide bonds. The van der Waals surface area contributed by atoms with Crippen molar-refractivity contribution in [3.05, 3.63) is 107 Å². The zero-order valence-corrected chi connectivity index (χ0v) is 21.9. The summed E-state index contributed by atoms with van der Waals surface area (Å²) in [5.74, 6) is 1.36. The van der Waals surface area contributed by atoms with Gasteiger partial charge >= 0.3 is 0 Å². The molecule has 6 heteroatoms. The maximum atomic E-state index is 13.6. The van der Waals surface area contributed by atoms with Crippen molar-refractivity contribution in [3.63, 3.8) is 0 Å². The van der Waals surface area contributed by atoms with Crippen LogP contribution in [0.15, 0.2) is 84.9 Å². The summed E-state index contributed by atoms with van der Waals surface area (Å²) in [4.78, 5) is 28.6. The van der Waals surface area contributed by atoms with E-state index in [0.717, 1.165) is 16.9 Å². The Morgan fingerprint density at radius 1 is 0.886 bits per heavy atom. The van der Waals surface area contributed by atoms with Crippen LogP contribution in [0.2, 0.25) is 5.02 Å². The van der Waals surface area contributed by atoms with Crippen LogP contribution in [0.4, 0.5) is 0 Å². The zero-order chi connectivity index (χ0) is 25.0. The molecule has 0 bridgehead atoms. The van der Waals surface area contributed by atoms with Gasteiger partial charge in [0.1, 0.15) is 6.04 Å². The van der Waals surface area contributed by atoms with Gasteiger partial charge in [-0.15, -0.1) is 0 Å². The smallest absolute Gasteiger partial charge is 0.243 e. The van der Waals surface area contributed by atoms with Crippen LogP contribution in [0.5, 0.6) is 0 Å². The predicted molar refractivity (Wildman–Crippen MR) is 146 cm³/mol. The Morgan fingerprint density at radius 3 is 2.14 bits per heavy atom. The van der Waals surface area contributed by atoms with E-state index >= 15 is 0 Å². The number of thioether (sulfide) groups is 1. The largest absolute Gasteiger partial charge is 0.352 e. The second-order valence-electron chi connectivity index (χ2n) is 8.81. The van der Waals surface area contributed by atoms with E-state index in [1.165, 1.54) is 5.56 Å². The average molecular weight is 509 g/mol. The van der Waals surface area contributed by atoms with E-state index < -0.39 is 6.04 Å². The molecule has 184 valence electrons. The highest BCUT2D eigenvalue weighted by molar-refractivity contribution is 7.98. The molecule has 1 atom stereocenters. The van der Waals surface area contributed by atoms with E-state index in [0.29, 0.717) is 30.2 Å². The first-order valence-corrected chi connectivity index (χ1v) is 13.5. The molecule has 0 heterocycles. The van der Waals surface area contributed by atoms with Crippen LogP contribution in [0.1, 0.15) is 37.0 Å². The highest BCUT2D eigenvalue weighted by Gasteiger charge is 2.30. The Labute approximate surface area is 218 Å². The molecule has 0 saturated heterocycles. The molecule has 3 aromatic carbocycles. The number of benzene rings is 3. The second kappa shape index (κ2) is 14.0. The molecule has 0 aliphatic rings. The molecular weight excluding hydrogens is 476 g/mol. The standard InChI is InChI=1S/C29H33ClN2O2S/c1-22(2)31-29(34)27(19-23-10-5-3-6-11-23)32(20-25-14-9-15-26(30)18-25)28(33)16-17-35-21-24-12-7-4-8-13-24/h3-15,18,22,27H,16-17,19-21H2,1-2H3,(H,31,34). The highest BCUT2D eigenvalue weighted by atomic mass is 35.5. The fourth-order valence-corrected chi connectivity index (χ4v) is 4.94. The van der Waals surface area contributed by atoms with Gasteiger partial charge in [0.05, 0.1) is 0 Å². The monoisotopic (exact) mass is 508 g/mol. The Bertz CT molecular complexity index is 1080. The van der Waals surface area contributed by atoms with Gasteiger partial charge in [0, 0.05) is 42.0 Å². The second-order valence-corrected chi connectivity index (χ2v) is 10.4. The number of nitrogens with zero attached hydrogens (tertiary/aromatic N) is 1. The molecule has 0 aromatic heterocycles. The lowest BCUT2D eigenvalue weighted by Crippen LogP contribution is -2.51. The summed E-state index contributed by atoms with van der Waals surface area (Å²) in [5.41, 5.74) is 3.15. The number of carbonyl (C=O) groups excluding carboxylic acids is 2. The molecule has 1 unspecified atom stereocenters. The Hall–Kier alpha value is -2.76. The van der Waals surface area contributed by atoms with Gasteiger partial charge in [-0.05, 0) is 42.7 Å². The van der Waals surface area contributed by atoms with Crippen LogP contribution in [0.25, 0.3) is 0 Å². The van der Waals surface area contributed by atoms with E-state index in [-0.39, 0.29) is 17.9 Å². The van der Waals surface area contributed by atoms with E-state index in [1.54, 1.807) is 16.7 Å². The lowest BCUT2D eigenvalue weighted by Gasteiger charge is -2.32. The number of nitrogens with one attached hydrogen (secondary N) is 1. The summed E-state index contributed by atoms with van der Waals surface area (Å²) in [5, 5.41) is 3.63. The zero-order valence-electron chi connectivity index (χ0n) is 20.3. The summed E-state index contributed by atoms with van der Waals surface area (Å²) >= 11 is 7.95. The maximum Gasteiger partial charge on any atom is 0.243 e. The van der Waals surface area contributed by atoms with Crippen LogP contribution >= 0.6 is 23.4 Å². The number of amides is 2. The summed E-state index contributed by atoms with van der Waals surface area (Å²) in [6.45, 7) is 4.19. The molecule has 3 aromatic rings. The number of hydrogen-bond donors (Lipinski definition) is 1. The molecule has 0 fully saturated rings. The molecule has 0 saturated carbocycles. The van der Waals surface area contributed by atoms with Crippen molar-refractivity contribution in [2.45, 2.75) is 51.1 Å². The molecular formula is C29H33ClN2O2S. The highest BCUT2D eigenvalue weighted by Crippen LogP contribution is 2.20. The number of carbonyl (C=O) groups is 2. The predicted octanol–water partition coefficient (Wildman–Crippen LogP) is 6.13. The minimum atomic E-state index is -0.620. The maximum absolute atomic E-state index is 13.6. The molecule has 0 radical (unpaired) electrons. The van der Waals surface area contributed by atoms with Crippen molar-refractivity contribution in [3.8, 4) is 0 Å². The SMILES string of the molecule is CC(C)NC(=O)C(Cc1ccccc1)N(Cc1cccc(Cl)c1)C(=O)CCSCc1ccccc1. The first kappa shape index (κ1) is 26.8. The van der Waals surface area contributed by atoms with E-state index in [2.05, 4.69) is 17.4 Å². The van der Waals surface area contributed by atoms with Crippen LogP contribution in [0, 0.1) is 0 Å². The summed E-state index contributed by atoms with van der Waals surface area (Å²) < 4.78 is 0. The van der Waals surface area contributed by atoms with Crippen molar-refractivity contribution >= 4 is 35.2 Å². The first-order chi connectivity index (χ1) is 16.9. The third kappa shape index (κ3) is 9.08. The summed E-state index contributed by atoms with van der Waals surface area (Å²) in [6, 6.07) is 26.9. The van der Waals surface area contributed by atoms with Gasteiger partial charge in [0.15, 0.2) is 0 Å². The summed E-state index contributed by atoms with van der Waals surface area (Å²) in [6.07, 6.45) is 0.807. The lowest BCUT2D eigenvalue weighted by atomic mass is 10.0. The van der Waals surface area contributed by atoms with Crippen molar-refractivity contribution in [2.75, 3.05) is 5.75 Å². The van der Waals surface area contributed by atoms with Crippen LogP contribution in [-0.2, 0) is 28.3 Å². The molecule has 1 N–H and O–H groups in total. The van der Waals surface area contributed by atoms with Gasteiger partial charge in [-0.2, -0.15) is 11.8 Å². The number of halogens is 1. The Kier molecular flexibility index (Phi) is 10.7. The van der Waals surface area contributed by atoms with Crippen LogP contribution in [0.3, 0.4) is 0 Å². The Morgan fingerprint density at radius 2 is 1.51 bits per heavy atom. The summed E-state index contributed by atoms with van der Waals surface area (Å²) in [7, 11) is 0.